The van der Waals surface area contributed by atoms with E-state index in [4.69, 9.17) is 0 Å². The van der Waals surface area contributed by atoms with Crippen LogP contribution in [0.1, 0.15) is 17.2 Å². The second kappa shape index (κ2) is 4.73. The van der Waals surface area contributed by atoms with Crippen LogP contribution in [0.5, 0.6) is 0 Å². The Labute approximate surface area is 99.5 Å². The first kappa shape index (κ1) is 12.5. The summed E-state index contributed by atoms with van der Waals surface area (Å²) < 4.78 is 51.6. The Hall–Kier alpha value is -1.95. The maximum atomic E-state index is 13.0. The predicted molar refractivity (Wildman–Crippen MR) is 54.6 cm³/mol. The maximum Gasteiger partial charge on any atom is 0.194 e. The molecule has 0 aliphatic rings. The molecule has 1 aromatic heterocycles. The zero-order chi connectivity index (χ0) is 13.3. The van der Waals surface area contributed by atoms with E-state index in [0.717, 1.165) is 18.5 Å². The molecule has 0 saturated carbocycles. The van der Waals surface area contributed by atoms with Crippen molar-refractivity contribution < 1.29 is 22.7 Å². The zero-order valence-electron chi connectivity index (χ0n) is 8.87. The van der Waals surface area contributed by atoms with Crippen LogP contribution in [-0.2, 0) is 0 Å². The lowest BCUT2D eigenvalue weighted by Crippen LogP contribution is -2.04. The number of aliphatic hydroxyl groups is 1. The summed E-state index contributed by atoms with van der Waals surface area (Å²) in [6.45, 7) is 0. The van der Waals surface area contributed by atoms with Gasteiger partial charge in [0.05, 0.1) is 6.20 Å². The van der Waals surface area contributed by atoms with Gasteiger partial charge in [0, 0.05) is 11.8 Å². The van der Waals surface area contributed by atoms with E-state index in [1.807, 2.05) is 0 Å². The van der Waals surface area contributed by atoms with Crippen molar-refractivity contribution in [3.05, 3.63) is 65.0 Å². The van der Waals surface area contributed by atoms with Gasteiger partial charge in [0.15, 0.2) is 17.5 Å². The van der Waals surface area contributed by atoms with Gasteiger partial charge in [-0.15, -0.1) is 0 Å². The first-order valence-corrected chi connectivity index (χ1v) is 4.92. The fraction of sp³-hybridized carbons (Fsp3) is 0.0833. The smallest absolute Gasteiger partial charge is 0.194 e. The number of aromatic nitrogens is 1. The molecular weight excluding hydrogens is 250 g/mol. The Kier molecular flexibility index (Phi) is 3.29. The molecule has 1 aromatic carbocycles. The third-order valence-electron chi connectivity index (χ3n) is 2.36. The molecule has 1 atom stereocenters. The minimum Gasteiger partial charge on any atom is -0.384 e. The summed E-state index contributed by atoms with van der Waals surface area (Å²) in [6, 6.07) is 2.26. The normalized spacial score (nSPS) is 12.5. The molecule has 2 aromatic rings. The van der Waals surface area contributed by atoms with Crippen LogP contribution < -0.4 is 0 Å². The fourth-order valence-electron chi connectivity index (χ4n) is 1.50. The topological polar surface area (TPSA) is 33.1 Å². The molecule has 6 heteroatoms. The van der Waals surface area contributed by atoms with Crippen LogP contribution in [0.2, 0.25) is 0 Å². The van der Waals surface area contributed by atoms with Crippen LogP contribution in [0.4, 0.5) is 17.6 Å². The molecule has 18 heavy (non-hydrogen) atoms. The standard InChI is InChI=1S/C12H7F4NO/c13-8-1-7(4-17-5-8)12(18)6-2-9(14)11(16)10(15)3-6/h1-5,12,18H. The summed E-state index contributed by atoms with van der Waals surface area (Å²) in [7, 11) is 0. The van der Waals surface area contributed by atoms with Crippen molar-refractivity contribution >= 4 is 0 Å². The maximum absolute atomic E-state index is 13.0. The number of aliphatic hydroxyl groups excluding tert-OH is 1. The van der Waals surface area contributed by atoms with E-state index in [0.29, 0.717) is 12.1 Å². The van der Waals surface area contributed by atoms with Gasteiger partial charge in [-0.05, 0) is 23.8 Å². The van der Waals surface area contributed by atoms with E-state index in [2.05, 4.69) is 4.98 Å². The fourth-order valence-corrected chi connectivity index (χ4v) is 1.50. The minimum atomic E-state index is -1.62. The minimum absolute atomic E-state index is 0.0143. The Bertz CT molecular complexity index is 565. The highest BCUT2D eigenvalue weighted by molar-refractivity contribution is 5.29. The van der Waals surface area contributed by atoms with E-state index in [1.165, 1.54) is 0 Å². The molecule has 1 heterocycles. The molecule has 1 unspecified atom stereocenters. The monoisotopic (exact) mass is 257 g/mol. The number of benzene rings is 1. The molecule has 0 fully saturated rings. The van der Waals surface area contributed by atoms with Crippen LogP contribution in [0.25, 0.3) is 0 Å². The molecule has 0 amide bonds. The van der Waals surface area contributed by atoms with Gasteiger partial charge >= 0.3 is 0 Å². The van der Waals surface area contributed by atoms with Gasteiger partial charge in [-0.1, -0.05) is 0 Å². The highest BCUT2D eigenvalue weighted by Crippen LogP contribution is 2.24. The van der Waals surface area contributed by atoms with Crippen molar-refractivity contribution in [2.24, 2.45) is 0 Å². The molecule has 2 rings (SSSR count). The first-order valence-electron chi connectivity index (χ1n) is 4.92. The van der Waals surface area contributed by atoms with Crippen molar-refractivity contribution in [2.75, 3.05) is 0 Å². The van der Waals surface area contributed by atoms with Crippen molar-refractivity contribution in [2.45, 2.75) is 6.10 Å². The van der Waals surface area contributed by atoms with Gasteiger partial charge in [-0.25, -0.2) is 17.6 Å². The Morgan fingerprint density at radius 3 is 2.06 bits per heavy atom. The van der Waals surface area contributed by atoms with E-state index >= 15 is 0 Å². The van der Waals surface area contributed by atoms with E-state index in [-0.39, 0.29) is 11.1 Å². The molecule has 0 radical (unpaired) electrons. The summed E-state index contributed by atoms with van der Waals surface area (Å²) in [5, 5.41) is 9.79. The number of hydrogen-bond acceptors (Lipinski definition) is 2. The van der Waals surface area contributed by atoms with Crippen LogP contribution in [0, 0.1) is 23.3 Å². The number of pyridine rings is 1. The molecular formula is C12H7F4NO. The van der Waals surface area contributed by atoms with Crippen LogP contribution in [0.3, 0.4) is 0 Å². The molecule has 0 aliphatic carbocycles. The summed E-state index contributed by atoms with van der Waals surface area (Å²) in [5.74, 6) is -5.17. The van der Waals surface area contributed by atoms with Crippen LogP contribution in [-0.4, -0.2) is 10.1 Å². The van der Waals surface area contributed by atoms with Crippen molar-refractivity contribution in [1.29, 1.82) is 0 Å². The van der Waals surface area contributed by atoms with E-state index in [1.54, 1.807) is 0 Å². The van der Waals surface area contributed by atoms with Gasteiger partial charge in [0.25, 0.3) is 0 Å². The van der Waals surface area contributed by atoms with Crippen LogP contribution >= 0.6 is 0 Å². The van der Waals surface area contributed by atoms with Crippen molar-refractivity contribution in [1.82, 2.24) is 4.98 Å². The Balaban J connectivity index is 2.43. The quantitative estimate of drug-likeness (QED) is 0.662. The second-order valence-corrected chi connectivity index (χ2v) is 3.64. The largest absolute Gasteiger partial charge is 0.384 e. The number of halogens is 4. The Morgan fingerprint density at radius 1 is 0.889 bits per heavy atom. The molecule has 0 saturated heterocycles. The number of rotatable bonds is 2. The van der Waals surface area contributed by atoms with E-state index in [9.17, 15) is 22.7 Å². The zero-order valence-corrected chi connectivity index (χ0v) is 8.87. The molecule has 1 N–H and O–H groups in total. The lowest BCUT2D eigenvalue weighted by atomic mass is 10.0. The SMILES string of the molecule is OC(c1cncc(F)c1)c1cc(F)c(F)c(F)c1. The third-order valence-corrected chi connectivity index (χ3v) is 2.36. The highest BCUT2D eigenvalue weighted by atomic mass is 19.2. The molecule has 0 bridgehead atoms. The summed E-state index contributed by atoms with van der Waals surface area (Å²) in [6.07, 6.45) is 0.576. The number of nitrogens with zero attached hydrogens (tertiary/aromatic N) is 1. The number of hydrogen-bond donors (Lipinski definition) is 1. The third kappa shape index (κ3) is 2.33. The molecule has 0 aliphatic heterocycles. The lowest BCUT2D eigenvalue weighted by Gasteiger charge is -2.11. The molecule has 94 valence electrons. The molecule has 0 spiro atoms. The van der Waals surface area contributed by atoms with E-state index < -0.39 is 29.4 Å². The highest BCUT2D eigenvalue weighted by Gasteiger charge is 2.17. The first-order chi connectivity index (χ1) is 8.49. The Morgan fingerprint density at radius 2 is 1.50 bits per heavy atom. The van der Waals surface area contributed by atoms with Gasteiger partial charge in [-0.2, -0.15) is 0 Å². The predicted octanol–water partition coefficient (Wildman–Crippen LogP) is 2.72. The lowest BCUT2D eigenvalue weighted by molar-refractivity contribution is 0.217. The van der Waals surface area contributed by atoms with Gasteiger partial charge in [-0.3, -0.25) is 4.98 Å². The average Bonchev–Trinajstić information content (AvgIpc) is 2.34. The second-order valence-electron chi connectivity index (χ2n) is 3.64. The van der Waals surface area contributed by atoms with Crippen molar-refractivity contribution in [3.63, 3.8) is 0 Å². The van der Waals surface area contributed by atoms with Gasteiger partial charge in [0.2, 0.25) is 0 Å². The van der Waals surface area contributed by atoms with Gasteiger partial charge < -0.3 is 5.11 Å². The van der Waals surface area contributed by atoms with Gasteiger partial charge in [0.1, 0.15) is 11.9 Å². The van der Waals surface area contributed by atoms with Crippen LogP contribution in [0.15, 0.2) is 30.6 Å². The van der Waals surface area contributed by atoms with Crippen molar-refractivity contribution in [3.8, 4) is 0 Å². The molecule has 2 nitrogen and oxygen atoms in total. The average molecular weight is 257 g/mol. The summed E-state index contributed by atoms with van der Waals surface area (Å²) >= 11 is 0. The summed E-state index contributed by atoms with van der Waals surface area (Å²) in [4.78, 5) is 3.50. The summed E-state index contributed by atoms with van der Waals surface area (Å²) in [5.41, 5.74) is -0.209.